The summed E-state index contributed by atoms with van der Waals surface area (Å²) >= 11 is 1.33. The van der Waals surface area contributed by atoms with E-state index in [0.29, 0.717) is 25.7 Å². The van der Waals surface area contributed by atoms with Crippen LogP contribution in [0.25, 0.3) is 0 Å². The minimum absolute atomic E-state index is 0.0162. The predicted molar refractivity (Wildman–Crippen MR) is 317 cm³/mol. The predicted octanol–water partition coefficient (Wildman–Crippen LogP) is 2.28. The second kappa shape index (κ2) is 36.0. The van der Waals surface area contributed by atoms with Crippen molar-refractivity contribution < 1.29 is 113 Å². The maximum atomic E-state index is 13.1. The maximum Gasteiger partial charge on any atom is 0.410 e. The first kappa shape index (κ1) is 73.6. The number of aliphatic carboxylic acids is 1. The topological polar surface area (TPSA) is 396 Å². The van der Waals surface area contributed by atoms with Crippen molar-refractivity contribution in [2.75, 3.05) is 19.6 Å². The van der Waals surface area contributed by atoms with Gasteiger partial charge < -0.3 is 89.9 Å². The smallest absolute Gasteiger partial charge is 0.410 e. The van der Waals surface area contributed by atoms with Crippen molar-refractivity contribution in [2.24, 2.45) is 29.6 Å². The molecule has 4 aliphatic heterocycles. The second-order valence-electron chi connectivity index (χ2n) is 23.7. The third-order valence-corrected chi connectivity index (χ3v) is 17.7. The highest BCUT2D eigenvalue weighted by Crippen LogP contribution is 2.39. The molecule has 0 aromatic heterocycles. The van der Waals surface area contributed by atoms with Crippen LogP contribution in [0.5, 0.6) is 0 Å². The van der Waals surface area contributed by atoms with E-state index in [1.807, 2.05) is 6.92 Å². The van der Waals surface area contributed by atoms with E-state index in [4.69, 9.17) is 28.4 Å². The number of imide groups is 1. The lowest BCUT2D eigenvalue weighted by atomic mass is 9.82. The molecule has 4 heterocycles. The molecular weight excluding hydrogens is 1170 g/mol. The number of hydrogen-bond donors (Lipinski definition) is 12. The van der Waals surface area contributed by atoms with Crippen LogP contribution in [-0.4, -0.2) is 219 Å². The molecule has 5 aliphatic rings. The van der Waals surface area contributed by atoms with Gasteiger partial charge in [0.25, 0.3) is 0 Å². The first-order valence-electron chi connectivity index (χ1n) is 30.1. The summed E-state index contributed by atoms with van der Waals surface area (Å²) < 4.78 is 33.9. The van der Waals surface area contributed by atoms with E-state index in [0.717, 1.165) is 0 Å². The molecule has 1 unspecified atom stereocenters. The molecule has 1 saturated carbocycles. The summed E-state index contributed by atoms with van der Waals surface area (Å²) in [5.74, 6) is -8.80. The van der Waals surface area contributed by atoms with Crippen LogP contribution in [0.4, 0.5) is 4.79 Å². The molecule has 25 nitrogen and oxygen atoms in total. The summed E-state index contributed by atoms with van der Waals surface area (Å²) in [5, 5.41) is 123. The molecule has 0 radical (unpaired) electrons. The summed E-state index contributed by atoms with van der Waals surface area (Å²) in [6.07, 6.45) is 2.95. The molecule has 20 atom stereocenters. The zero-order valence-electron chi connectivity index (χ0n) is 50.5. The number of ether oxygens (including phenoxy) is 6. The minimum Gasteiger partial charge on any atom is -0.481 e. The van der Waals surface area contributed by atoms with Gasteiger partial charge >= 0.3 is 24.0 Å². The minimum atomic E-state index is -2.44. The molecule has 26 heteroatoms. The maximum absolute atomic E-state index is 13.1. The number of aliphatic hydroxyl groups is 10. The number of allylic oxidation sites excluding steroid dienone is 12. The molecule has 3 amide bonds. The van der Waals surface area contributed by atoms with E-state index in [1.165, 1.54) is 35.7 Å². The van der Waals surface area contributed by atoms with Gasteiger partial charge in [-0.05, 0) is 71.0 Å². The fraction of sp³-hybridized carbons (Fsp3) is 0.677. The van der Waals surface area contributed by atoms with E-state index in [-0.39, 0.29) is 61.1 Å². The number of carbonyl (C=O) groups is 6. The lowest BCUT2D eigenvalue weighted by Crippen LogP contribution is -2.64. The quantitative estimate of drug-likeness (QED) is 0.0848. The van der Waals surface area contributed by atoms with Crippen molar-refractivity contribution in [3.05, 3.63) is 85.1 Å². The molecule has 0 aromatic rings. The number of aliphatic hydroxyl groups excluding tert-OH is 9. The van der Waals surface area contributed by atoms with Gasteiger partial charge in [-0.3, -0.25) is 28.9 Å². The first-order valence-corrected chi connectivity index (χ1v) is 31.4. The Morgan fingerprint density at radius 1 is 0.670 bits per heavy atom. The number of nitrogens with zero attached hydrogens (tertiary/aromatic N) is 1. The average molecular weight is 1270 g/mol. The van der Waals surface area contributed by atoms with Gasteiger partial charge in [0.15, 0.2) is 12.1 Å². The van der Waals surface area contributed by atoms with Crippen LogP contribution in [0.15, 0.2) is 85.1 Å². The lowest BCUT2D eigenvalue weighted by Gasteiger charge is -2.45. The number of carbonyl (C=O) groups excluding carboxylic acids is 5. The highest BCUT2D eigenvalue weighted by molar-refractivity contribution is 8.00. The molecule has 0 spiro atoms. The Kier molecular flexibility index (Phi) is 30.1. The monoisotopic (exact) mass is 1260 g/mol. The normalized spacial score (nSPS) is 41.1. The lowest BCUT2D eigenvalue weighted by molar-refractivity contribution is -0.309. The van der Waals surface area contributed by atoms with Crippen LogP contribution in [0, 0.1) is 29.6 Å². The molecule has 2 bridgehead atoms. The van der Waals surface area contributed by atoms with Crippen LogP contribution < -0.4 is 5.32 Å². The number of hydrogen-bond acceptors (Lipinski definition) is 23. The average Bonchev–Trinajstić information content (AvgIpc) is 1.61. The van der Waals surface area contributed by atoms with Crippen molar-refractivity contribution in [1.29, 1.82) is 0 Å². The van der Waals surface area contributed by atoms with Gasteiger partial charge in [-0.15, -0.1) is 0 Å². The van der Waals surface area contributed by atoms with Crippen LogP contribution in [0.1, 0.15) is 111 Å². The molecule has 1 aliphatic carbocycles. The van der Waals surface area contributed by atoms with Crippen molar-refractivity contribution in [1.82, 2.24) is 10.2 Å². The van der Waals surface area contributed by atoms with E-state index >= 15 is 0 Å². The highest BCUT2D eigenvalue weighted by atomic mass is 32.2. The van der Waals surface area contributed by atoms with E-state index in [9.17, 15) is 84.9 Å². The van der Waals surface area contributed by atoms with Crippen LogP contribution in [-0.2, 0) is 52.4 Å². The summed E-state index contributed by atoms with van der Waals surface area (Å²) in [5.41, 5.74) is 0. The van der Waals surface area contributed by atoms with Gasteiger partial charge in [0.05, 0.1) is 84.7 Å². The fourth-order valence-corrected chi connectivity index (χ4v) is 12.0. The molecule has 0 aromatic carbocycles. The summed E-state index contributed by atoms with van der Waals surface area (Å²) in [7, 11) is 0. The Bertz CT molecular complexity index is 2480. The largest absolute Gasteiger partial charge is 0.481 e. The van der Waals surface area contributed by atoms with E-state index in [2.05, 4.69) is 5.32 Å². The number of likely N-dealkylation sites (tertiary alicyclic amines) is 1. The molecular formula is C62H92N2O23S. The molecule has 494 valence electrons. The van der Waals surface area contributed by atoms with Gasteiger partial charge in [0, 0.05) is 50.5 Å². The number of nitrogens with one attached hydrogen (secondary N) is 1. The van der Waals surface area contributed by atoms with Crippen LogP contribution in [0.3, 0.4) is 0 Å². The van der Waals surface area contributed by atoms with Crippen molar-refractivity contribution in [3.8, 4) is 0 Å². The molecule has 4 fully saturated rings. The van der Waals surface area contributed by atoms with E-state index in [1.54, 1.807) is 93.0 Å². The zero-order chi connectivity index (χ0) is 64.8. The Labute approximate surface area is 517 Å². The Morgan fingerprint density at radius 2 is 1.28 bits per heavy atom. The Hall–Kier alpha value is -5.17. The number of carboxylic acids is 1. The number of alkyl carbamates (subject to hydrolysis) is 1. The van der Waals surface area contributed by atoms with Crippen LogP contribution >= 0.6 is 11.8 Å². The Balaban J connectivity index is 1.28. The standard InChI is InChI=1S/C62H92N2O23S/c1-35-18-16-14-12-10-8-6-7-9-11-13-15-17-19-44(86-60-56(75)53(55(74)38(4)85-60)63-61(80)83-34-82-59(79)40-22-20-39(21-23-40)33-64-50(71)30-49(88-5)57(64)76)29-48-52(58(77)78)47(70)32-62(81,87-48)31-43(67)27-46(69)45(68)25-24-41(65)26-42(66)28-51(72)84-37(3)36(2)54(35)73/h6-19,35-49,52-56,60,65-70,73-75,81H,20-34H2,1-5H3,(H,63,80)(H,77,78)/b7-6+,10-8+,11-9+,14-12+,15-13+,18-16+,19-17+/t35-,36-,37-,38+,39?,40?,41+,42+,43-,44-,45+,46+,47-,48-,49?,52+,53-,54+,55+,56-,60-,62+/m0/s1. The molecule has 88 heavy (non-hydrogen) atoms. The highest BCUT2D eigenvalue weighted by Gasteiger charge is 2.52. The second-order valence-corrected chi connectivity index (χ2v) is 24.7. The van der Waals surface area contributed by atoms with E-state index < -0.39 is 178 Å². The molecule has 5 rings (SSSR count). The number of amides is 3. The number of thioether (sulfide) groups is 1. The van der Waals surface area contributed by atoms with Crippen molar-refractivity contribution >= 4 is 47.6 Å². The number of cyclic esters (lactones) is 1. The number of carboxylic acid groups (broad SMARTS) is 1. The number of fused-ring (bicyclic) bond motifs is 2. The third kappa shape index (κ3) is 22.9. The SMILES string of the molecule is CSC1CC(=O)N(CC2CCC(C(=O)OCOC(=O)N[C@@H]3[C@H](O)[C@H](O[C@H]4/C=C/C=C/C=C/C=C/C=C/C=C/C=C/[C@H](C)[C@@H](O)[C@@H](C)[C@H](C)OC(=O)C[C@H](O)C[C@H](O)CC[C@@H](O)[C@H](O)C[C@H](O)C[C@]5(O)C[C@H](O)[C@@H](C(=O)O)[C@H](C4)O5)O[C@H](C)[C@H]3O)CC2)C1=O. The Morgan fingerprint density at radius 3 is 1.89 bits per heavy atom. The first-order chi connectivity index (χ1) is 41.7. The fourth-order valence-electron chi connectivity index (χ4n) is 11.4. The summed E-state index contributed by atoms with van der Waals surface area (Å²) in [4.78, 5) is 77.9. The molecule has 12 N–H and O–H groups in total. The van der Waals surface area contributed by atoms with Gasteiger partial charge in [-0.2, -0.15) is 11.8 Å². The van der Waals surface area contributed by atoms with Crippen molar-refractivity contribution in [2.45, 2.75) is 214 Å². The number of esters is 2. The zero-order valence-corrected chi connectivity index (χ0v) is 51.3. The van der Waals surface area contributed by atoms with Gasteiger partial charge in [0.2, 0.25) is 18.6 Å². The summed E-state index contributed by atoms with van der Waals surface area (Å²) in [6.45, 7) is 6.04. The van der Waals surface area contributed by atoms with Crippen molar-refractivity contribution in [3.63, 3.8) is 0 Å². The van der Waals surface area contributed by atoms with Gasteiger partial charge in [-0.1, -0.05) is 98.9 Å². The third-order valence-electron chi connectivity index (χ3n) is 16.8. The number of rotatable bonds is 10. The summed E-state index contributed by atoms with van der Waals surface area (Å²) in [6, 6.07) is -1.53. The van der Waals surface area contributed by atoms with Gasteiger partial charge in [0.1, 0.15) is 24.2 Å². The molecule has 3 saturated heterocycles. The van der Waals surface area contributed by atoms with Gasteiger partial charge in [-0.25, -0.2) is 4.79 Å². The van der Waals surface area contributed by atoms with Crippen LogP contribution in [0.2, 0.25) is 0 Å².